The van der Waals surface area contributed by atoms with E-state index >= 15 is 0 Å². The molecule has 1 heterocycles. The van der Waals surface area contributed by atoms with Gasteiger partial charge in [-0.3, -0.25) is 0 Å². The van der Waals surface area contributed by atoms with Crippen molar-refractivity contribution in [1.29, 1.82) is 0 Å². The summed E-state index contributed by atoms with van der Waals surface area (Å²) < 4.78 is 7.99. The number of aromatic nitrogens is 1. The predicted octanol–water partition coefficient (Wildman–Crippen LogP) is 3.24. The molecule has 1 atom stereocenters. The SMILES string of the molecule is CNC(C)c1cccn1CCCOc1ccccc1. The van der Waals surface area contributed by atoms with Crippen LogP contribution in [0, 0.1) is 0 Å². The second-order valence-corrected chi connectivity index (χ2v) is 4.65. The molecule has 3 nitrogen and oxygen atoms in total. The summed E-state index contributed by atoms with van der Waals surface area (Å²) in [5, 5.41) is 3.27. The van der Waals surface area contributed by atoms with Crippen molar-refractivity contribution in [3.8, 4) is 5.75 Å². The Morgan fingerprint density at radius 3 is 2.68 bits per heavy atom. The molecule has 0 aliphatic heterocycles. The summed E-state index contributed by atoms with van der Waals surface area (Å²) in [6, 6.07) is 14.6. The third kappa shape index (κ3) is 3.86. The zero-order valence-corrected chi connectivity index (χ0v) is 11.7. The molecule has 0 aliphatic rings. The molecule has 0 fully saturated rings. The zero-order chi connectivity index (χ0) is 13.5. The number of aryl methyl sites for hydroxylation is 1. The highest BCUT2D eigenvalue weighted by Gasteiger charge is 2.07. The molecular formula is C16H22N2O. The Labute approximate surface area is 115 Å². The van der Waals surface area contributed by atoms with Gasteiger partial charge in [-0.2, -0.15) is 0 Å². The molecule has 0 saturated heterocycles. The van der Waals surface area contributed by atoms with Crippen molar-refractivity contribution in [3.05, 3.63) is 54.4 Å². The van der Waals surface area contributed by atoms with Crippen LogP contribution < -0.4 is 10.1 Å². The van der Waals surface area contributed by atoms with Gasteiger partial charge in [0.15, 0.2) is 0 Å². The van der Waals surface area contributed by atoms with Crippen LogP contribution >= 0.6 is 0 Å². The highest BCUT2D eigenvalue weighted by Crippen LogP contribution is 2.14. The maximum Gasteiger partial charge on any atom is 0.119 e. The maximum absolute atomic E-state index is 5.70. The minimum Gasteiger partial charge on any atom is -0.494 e. The van der Waals surface area contributed by atoms with Gasteiger partial charge in [0.1, 0.15) is 5.75 Å². The highest BCUT2D eigenvalue weighted by atomic mass is 16.5. The van der Waals surface area contributed by atoms with Gasteiger partial charge < -0.3 is 14.6 Å². The van der Waals surface area contributed by atoms with E-state index in [2.05, 4.69) is 35.1 Å². The highest BCUT2D eigenvalue weighted by molar-refractivity contribution is 5.20. The second kappa shape index (κ2) is 7.00. The molecule has 2 aromatic rings. The number of rotatable bonds is 7. The summed E-state index contributed by atoms with van der Waals surface area (Å²) in [7, 11) is 1.99. The number of nitrogens with one attached hydrogen (secondary N) is 1. The van der Waals surface area contributed by atoms with E-state index in [1.807, 2.05) is 37.4 Å². The topological polar surface area (TPSA) is 26.2 Å². The van der Waals surface area contributed by atoms with Gasteiger partial charge in [-0.15, -0.1) is 0 Å². The molecule has 0 saturated carbocycles. The molecule has 0 bridgehead atoms. The maximum atomic E-state index is 5.70. The van der Waals surface area contributed by atoms with E-state index in [0.717, 1.165) is 25.3 Å². The van der Waals surface area contributed by atoms with Crippen molar-refractivity contribution in [2.24, 2.45) is 0 Å². The number of hydrogen-bond donors (Lipinski definition) is 1. The largest absolute Gasteiger partial charge is 0.494 e. The Bertz CT molecular complexity index is 479. The summed E-state index contributed by atoms with van der Waals surface area (Å²) in [5.41, 5.74) is 1.32. The Morgan fingerprint density at radius 1 is 1.16 bits per heavy atom. The number of para-hydroxylation sites is 1. The molecule has 2 rings (SSSR count). The predicted molar refractivity (Wildman–Crippen MR) is 78.5 cm³/mol. The number of benzene rings is 1. The molecule has 1 aromatic carbocycles. The quantitative estimate of drug-likeness (QED) is 0.772. The van der Waals surface area contributed by atoms with Gasteiger partial charge in [0.2, 0.25) is 0 Å². The minimum absolute atomic E-state index is 0.380. The lowest BCUT2D eigenvalue weighted by molar-refractivity contribution is 0.300. The Morgan fingerprint density at radius 2 is 1.95 bits per heavy atom. The molecule has 1 N–H and O–H groups in total. The molecule has 0 aliphatic carbocycles. The van der Waals surface area contributed by atoms with E-state index in [1.54, 1.807) is 0 Å². The van der Waals surface area contributed by atoms with Crippen LogP contribution in [0.1, 0.15) is 25.1 Å². The summed E-state index contributed by atoms with van der Waals surface area (Å²) in [6.07, 6.45) is 3.14. The van der Waals surface area contributed by atoms with Gasteiger partial charge >= 0.3 is 0 Å². The number of hydrogen-bond acceptors (Lipinski definition) is 2. The van der Waals surface area contributed by atoms with E-state index in [0.29, 0.717) is 6.04 Å². The van der Waals surface area contributed by atoms with Crippen LogP contribution in [0.4, 0.5) is 0 Å². The summed E-state index contributed by atoms with van der Waals surface area (Å²) in [6.45, 7) is 3.91. The fourth-order valence-corrected chi connectivity index (χ4v) is 2.11. The van der Waals surface area contributed by atoms with E-state index in [-0.39, 0.29) is 0 Å². The van der Waals surface area contributed by atoms with E-state index in [9.17, 15) is 0 Å². The van der Waals surface area contributed by atoms with Crippen molar-refractivity contribution >= 4 is 0 Å². The van der Waals surface area contributed by atoms with E-state index in [4.69, 9.17) is 4.74 Å². The third-order valence-electron chi connectivity index (χ3n) is 3.30. The third-order valence-corrected chi connectivity index (χ3v) is 3.30. The molecule has 102 valence electrons. The van der Waals surface area contributed by atoms with Crippen molar-refractivity contribution in [2.45, 2.75) is 25.9 Å². The number of ether oxygens (including phenoxy) is 1. The normalized spacial score (nSPS) is 12.3. The summed E-state index contributed by atoms with van der Waals surface area (Å²) >= 11 is 0. The van der Waals surface area contributed by atoms with Gasteiger partial charge in [0.05, 0.1) is 6.61 Å². The van der Waals surface area contributed by atoms with Gasteiger partial charge in [0, 0.05) is 24.5 Å². The average molecular weight is 258 g/mol. The van der Waals surface area contributed by atoms with Gasteiger partial charge in [-0.25, -0.2) is 0 Å². The molecular weight excluding hydrogens is 236 g/mol. The van der Waals surface area contributed by atoms with Crippen molar-refractivity contribution in [2.75, 3.05) is 13.7 Å². The van der Waals surface area contributed by atoms with Crippen LogP contribution in [0.2, 0.25) is 0 Å². The first kappa shape index (κ1) is 13.7. The van der Waals surface area contributed by atoms with E-state index in [1.165, 1.54) is 5.69 Å². The summed E-state index contributed by atoms with van der Waals surface area (Å²) in [4.78, 5) is 0. The van der Waals surface area contributed by atoms with Gasteiger partial charge in [-0.05, 0) is 44.7 Å². The van der Waals surface area contributed by atoms with Gasteiger partial charge in [0.25, 0.3) is 0 Å². The first-order valence-corrected chi connectivity index (χ1v) is 6.81. The second-order valence-electron chi connectivity index (χ2n) is 4.65. The van der Waals surface area contributed by atoms with Crippen molar-refractivity contribution in [3.63, 3.8) is 0 Å². The van der Waals surface area contributed by atoms with Crippen molar-refractivity contribution < 1.29 is 4.74 Å². The zero-order valence-electron chi connectivity index (χ0n) is 11.7. The van der Waals surface area contributed by atoms with Crippen LogP contribution in [-0.2, 0) is 6.54 Å². The first-order chi connectivity index (χ1) is 9.31. The lowest BCUT2D eigenvalue weighted by Gasteiger charge is -2.15. The standard InChI is InChI=1S/C16H22N2O/c1-14(17-2)16-10-6-11-18(16)12-7-13-19-15-8-4-3-5-9-15/h3-6,8-11,14,17H,7,12-13H2,1-2H3. The molecule has 1 unspecified atom stereocenters. The summed E-state index contributed by atoms with van der Waals surface area (Å²) in [5.74, 6) is 0.943. The van der Waals surface area contributed by atoms with Crippen LogP contribution in [0.15, 0.2) is 48.7 Å². The van der Waals surface area contributed by atoms with Crippen LogP contribution in [-0.4, -0.2) is 18.2 Å². The molecule has 0 amide bonds. The number of nitrogens with zero attached hydrogens (tertiary/aromatic N) is 1. The molecule has 19 heavy (non-hydrogen) atoms. The minimum atomic E-state index is 0.380. The van der Waals surface area contributed by atoms with Crippen LogP contribution in [0.25, 0.3) is 0 Å². The fourth-order valence-electron chi connectivity index (χ4n) is 2.11. The van der Waals surface area contributed by atoms with Gasteiger partial charge in [-0.1, -0.05) is 18.2 Å². The smallest absolute Gasteiger partial charge is 0.119 e. The lowest BCUT2D eigenvalue weighted by Crippen LogP contribution is -2.17. The van der Waals surface area contributed by atoms with Crippen LogP contribution in [0.5, 0.6) is 5.75 Å². The fraction of sp³-hybridized carbons (Fsp3) is 0.375. The first-order valence-electron chi connectivity index (χ1n) is 6.81. The monoisotopic (exact) mass is 258 g/mol. The molecule has 0 radical (unpaired) electrons. The molecule has 0 spiro atoms. The Hall–Kier alpha value is -1.74. The van der Waals surface area contributed by atoms with Crippen molar-refractivity contribution in [1.82, 2.24) is 9.88 Å². The van der Waals surface area contributed by atoms with E-state index < -0.39 is 0 Å². The Kier molecular flexibility index (Phi) is 5.04. The van der Waals surface area contributed by atoms with Crippen LogP contribution in [0.3, 0.4) is 0 Å². The average Bonchev–Trinajstić information content (AvgIpc) is 2.92. The Balaban J connectivity index is 1.78. The molecule has 1 aromatic heterocycles. The lowest BCUT2D eigenvalue weighted by atomic mass is 10.2. The molecule has 3 heteroatoms.